The SMILES string of the molecule is CNCc1cc(F)cnc1OCCc1scnc1C. The van der Waals surface area contributed by atoms with Crippen LogP contribution in [0.25, 0.3) is 0 Å². The highest BCUT2D eigenvalue weighted by atomic mass is 32.1. The van der Waals surface area contributed by atoms with Gasteiger partial charge in [0.05, 0.1) is 24.0 Å². The van der Waals surface area contributed by atoms with Crippen molar-refractivity contribution in [1.82, 2.24) is 15.3 Å². The van der Waals surface area contributed by atoms with Gasteiger partial charge in [0.2, 0.25) is 5.88 Å². The van der Waals surface area contributed by atoms with Crippen LogP contribution in [0, 0.1) is 12.7 Å². The van der Waals surface area contributed by atoms with Gasteiger partial charge in [-0.05, 0) is 20.0 Å². The fraction of sp³-hybridized carbons (Fsp3) is 0.385. The van der Waals surface area contributed by atoms with Gasteiger partial charge in [-0.2, -0.15) is 0 Å². The van der Waals surface area contributed by atoms with E-state index in [0.717, 1.165) is 17.7 Å². The Bertz CT molecular complexity index is 544. The predicted molar refractivity (Wildman–Crippen MR) is 73.0 cm³/mol. The van der Waals surface area contributed by atoms with Gasteiger partial charge in [-0.1, -0.05) is 0 Å². The van der Waals surface area contributed by atoms with Gasteiger partial charge in [0, 0.05) is 23.4 Å². The summed E-state index contributed by atoms with van der Waals surface area (Å²) in [7, 11) is 1.80. The first kappa shape index (κ1) is 13.9. The summed E-state index contributed by atoms with van der Waals surface area (Å²) in [4.78, 5) is 9.38. The van der Waals surface area contributed by atoms with Gasteiger partial charge in [0.15, 0.2) is 0 Å². The molecule has 0 aliphatic carbocycles. The van der Waals surface area contributed by atoms with E-state index in [4.69, 9.17) is 4.74 Å². The number of halogens is 1. The summed E-state index contributed by atoms with van der Waals surface area (Å²) in [5.74, 6) is 0.133. The third-order valence-corrected chi connectivity index (χ3v) is 3.67. The third kappa shape index (κ3) is 3.71. The molecule has 0 aliphatic heterocycles. The Balaban J connectivity index is 1.97. The maximum Gasteiger partial charge on any atom is 0.218 e. The Hall–Kier alpha value is -1.53. The smallest absolute Gasteiger partial charge is 0.218 e. The zero-order chi connectivity index (χ0) is 13.7. The molecule has 0 radical (unpaired) electrons. The highest BCUT2D eigenvalue weighted by Gasteiger charge is 2.08. The molecule has 0 spiro atoms. The van der Waals surface area contributed by atoms with Gasteiger partial charge in [0.1, 0.15) is 5.82 Å². The maximum atomic E-state index is 13.1. The van der Waals surface area contributed by atoms with Gasteiger partial charge < -0.3 is 10.1 Å². The van der Waals surface area contributed by atoms with Crippen molar-refractivity contribution in [1.29, 1.82) is 0 Å². The van der Waals surface area contributed by atoms with E-state index in [0.29, 0.717) is 19.0 Å². The Morgan fingerprint density at radius 2 is 2.26 bits per heavy atom. The molecule has 0 fully saturated rings. The molecule has 2 rings (SSSR count). The van der Waals surface area contributed by atoms with Crippen LogP contribution in [0.4, 0.5) is 4.39 Å². The second kappa shape index (κ2) is 6.58. The Kier molecular flexibility index (Phi) is 4.81. The molecule has 2 heterocycles. The fourth-order valence-corrected chi connectivity index (χ4v) is 2.48. The molecular formula is C13H16FN3OS. The van der Waals surface area contributed by atoms with Gasteiger partial charge in [0.25, 0.3) is 0 Å². The van der Waals surface area contributed by atoms with Crippen LogP contribution in [0.3, 0.4) is 0 Å². The van der Waals surface area contributed by atoms with Crippen LogP contribution in [0.1, 0.15) is 16.1 Å². The van der Waals surface area contributed by atoms with Gasteiger partial charge in [-0.25, -0.2) is 14.4 Å². The van der Waals surface area contributed by atoms with Crippen LogP contribution in [0.15, 0.2) is 17.8 Å². The minimum Gasteiger partial charge on any atom is -0.477 e. The van der Waals surface area contributed by atoms with E-state index in [2.05, 4.69) is 15.3 Å². The normalized spacial score (nSPS) is 10.7. The Labute approximate surface area is 115 Å². The van der Waals surface area contributed by atoms with Gasteiger partial charge >= 0.3 is 0 Å². The first-order valence-electron chi connectivity index (χ1n) is 6.01. The van der Waals surface area contributed by atoms with Crippen LogP contribution >= 0.6 is 11.3 Å². The third-order valence-electron chi connectivity index (χ3n) is 2.67. The lowest BCUT2D eigenvalue weighted by atomic mass is 10.2. The van der Waals surface area contributed by atoms with E-state index < -0.39 is 0 Å². The van der Waals surface area contributed by atoms with E-state index >= 15 is 0 Å². The molecule has 0 amide bonds. The number of ether oxygens (including phenoxy) is 1. The number of thiazole rings is 1. The van der Waals surface area contributed by atoms with Crippen molar-refractivity contribution in [2.24, 2.45) is 0 Å². The number of pyridine rings is 1. The van der Waals surface area contributed by atoms with Crippen LogP contribution in [0.5, 0.6) is 5.88 Å². The van der Waals surface area contributed by atoms with Crippen molar-refractivity contribution in [3.8, 4) is 5.88 Å². The highest BCUT2D eigenvalue weighted by molar-refractivity contribution is 7.09. The van der Waals surface area contributed by atoms with E-state index in [1.54, 1.807) is 18.4 Å². The largest absolute Gasteiger partial charge is 0.477 e. The number of nitrogens with zero attached hydrogens (tertiary/aromatic N) is 2. The standard InChI is InChI=1S/C13H16FN3OS/c1-9-12(19-8-17-9)3-4-18-13-10(6-15-2)5-11(14)7-16-13/h5,7-8,15H,3-4,6H2,1-2H3. The fourth-order valence-electron chi connectivity index (χ4n) is 1.72. The molecule has 0 atom stereocenters. The molecule has 6 heteroatoms. The van der Waals surface area contributed by atoms with Crippen molar-refractivity contribution in [2.75, 3.05) is 13.7 Å². The van der Waals surface area contributed by atoms with Crippen LogP contribution in [-0.4, -0.2) is 23.6 Å². The van der Waals surface area contributed by atoms with Crippen molar-refractivity contribution < 1.29 is 9.13 Å². The monoisotopic (exact) mass is 281 g/mol. The quantitative estimate of drug-likeness (QED) is 0.883. The Morgan fingerprint density at radius 1 is 1.42 bits per heavy atom. The summed E-state index contributed by atoms with van der Waals surface area (Å²) in [5.41, 5.74) is 3.59. The van der Waals surface area contributed by atoms with E-state index in [-0.39, 0.29) is 5.82 Å². The summed E-state index contributed by atoms with van der Waals surface area (Å²) in [6.45, 7) is 3.02. The zero-order valence-electron chi connectivity index (χ0n) is 10.9. The van der Waals surface area contributed by atoms with Crippen LogP contribution in [0.2, 0.25) is 0 Å². The number of aromatic nitrogens is 2. The first-order valence-corrected chi connectivity index (χ1v) is 6.89. The minimum absolute atomic E-state index is 0.351. The molecule has 1 N–H and O–H groups in total. The van der Waals surface area contributed by atoms with E-state index in [9.17, 15) is 4.39 Å². The molecule has 0 saturated carbocycles. The summed E-state index contributed by atoms with van der Waals surface area (Å²) >= 11 is 1.62. The lowest BCUT2D eigenvalue weighted by molar-refractivity contribution is 0.305. The van der Waals surface area contributed by atoms with Crippen LogP contribution in [-0.2, 0) is 13.0 Å². The summed E-state index contributed by atoms with van der Waals surface area (Å²) in [5, 5.41) is 2.97. The average Bonchev–Trinajstić information content (AvgIpc) is 2.78. The number of rotatable bonds is 6. The highest BCUT2D eigenvalue weighted by Crippen LogP contribution is 2.17. The van der Waals surface area contributed by atoms with Gasteiger partial charge in [-0.15, -0.1) is 11.3 Å². The topological polar surface area (TPSA) is 47.0 Å². The number of hydrogen-bond acceptors (Lipinski definition) is 5. The zero-order valence-corrected chi connectivity index (χ0v) is 11.8. The summed E-state index contributed by atoms with van der Waals surface area (Å²) in [6.07, 6.45) is 1.96. The molecule has 0 unspecified atom stereocenters. The lowest BCUT2D eigenvalue weighted by Gasteiger charge is -2.09. The first-order chi connectivity index (χ1) is 9.20. The molecule has 2 aromatic heterocycles. The molecule has 0 saturated heterocycles. The molecule has 0 aromatic carbocycles. The molecule has 102 valence electrons. The van der Waals surface area contributed by atoms with Crippen molar-refractivity contribution in [3.63, 3.8) is 0 Å². The molecule has 0 bridgehead atoms. The van der Waals surface area contributed by atoms with Crippen molar-refractivity contribution >= 4 is 11.3 Å². The minimum atomic E-state index is -0.351. The number of aryl methyl sites for hydroxylation is 1. The second-order valence-electron chi connectivity index (χ2n) is 4.11. The summed E-state index contributed by atoms with van der Waals surface area (Å²) < 4.78 is 18.8. The lowest BCUT2D eigenvalue weighted by Crippen LogP contribution is -2.10. The number of nitrogens with one attached hydrogen (secondary N) is 1. The Morgan fingerprint density at radius 3 is 2.95 bits per heavy atom. The molecular weight excluding hydrogens is 265 g/mol. The molecule has 19 heavy (non-hydrogen) atoms. The molecule has 4 nitrogen and oxygen atoms in total. The predicted octanol–water partition coefficient (Wildman–Crippen LogP) is 2.33. The van der Waals surface area contributed by atoms with Gasteiger partial charge in [-0.3, -0.25) is 0 Å². The van der Waals surface area contributed by atoms with Crippen LogP contribution < -0.4 is 10.1 Å². The summed E-state index contributed by atoms with van der Waals surface area (Å²) in [6, 6.07) is 1.44. The average molecular weight is 281 g/mol. The molecule has 2 aromatic rings. The van der Waals surface area contributed by atoms with Crippen molar-refractivity contribution in [3.05, 3.63) is 39.7 Å². The molecule has 0 aliphatic rings. The maximum absolute atomic E-state index is 13.1. The number of hydrogen-bond donors (Lipinski definition) is 1. The van der Waals surface area contributed by atoms with E-state index in [1.807, 2.05) is 12.4 Å². The van der Waals surface area contributed by atoms with Crippen molar-refractivity contribution in [2.45, 2.75) is 19.9 Å². The second-order valence-corrected chi connectivity index (χ2v) is 5.05. The van der Waals surface area contributed by atoms with E-state index in [1.165, 1.54) is 17.1 Å².